The Kier molecular flexibility index (Phi) is 2.10. The molecule has 96 valence electrons. The highest BCUT2D eigenvalue weighted by Gasteiger charge is 2.18. The van der Waals surface area contributed by atoms with Crippen LogP contribution >= 0.6 is 0 Å². The quantitative estimate of drug-likeness (QED) is 0.362. The minimum absolute atomic E-state index is 0.0593. The van der Waals surface area contributed by atoms with Gasteiger partial charge in [-0.2, -0.15) is 0 Å². The van der Waals surface area contributed by atoms with Gasteiger partial charge in [-0.15, -0.1) is 0 Å². The summed E-state index contributed by atoms with van der Waals surface area (Å²) < 4.78 is 5.36. The third kappa shape index (κ3) is 1.46. The van der Waals surface area contributed by atoms with Crippen molar-refractivity contribution < 1.29 is 24.8 Å². The van der Waals surface area contributed by atoms with Crippen LogP contribution in [0.4, 0.5) is 0 Å². The molecule has 0 unspecified atom stereocenters. The van der Waals surface area contributed by atoms with E-state index in [0.717, 1.165) is 6.07 Å². The molecule has 2 aromatic carbocycles. The van der Waals surface area contributed by atoms with Crippen LogP contribution in [0, 0.1) is 0 Å². The number of phenolic OH excluding ortho intramolecular Hbond substituents is 4. The standard InChI is InChI=1S/C13H8O6/c14-5-1-2-8-6(3-5)11(16)10-9(19-8)4-7(15)12(17)13(10)18/h1-4,14-15,17-18H. The zero-order valence-corrected chi connectivity index (χ0v) is 9.41. The number of fused-ring (bicyclic) bond motifs is 2. The monoisotopic (exact) mass is 260 g/mol. The first-order valence-corrected chi connectivity index (χ1v) is 5.32. The van der Waals surface area contributed by atoms with Gasteiger partial charge in [0.25, 0.3) is 0 Å². The Balaban J connectivity index is 2.62. The van der Waals surface area contributed by atoms with Crippen LogP contribution in [0.1, 0.15) is 0 Å². The van der Waals surface area contributed by atoms with Gasteiger partial charge in [0, 0.05) is 6.07 Å². The first kappa shape index (κ1) is 11.2. The lowest BCUT2D eigenvalue weighted by atomic mass is 10.1. The normalized spacial score (nSPS) is 11.2. The summed E-state index contributed by atoms with van der Waals surface area (Å²) >= 11 is 0. The van der Waals surface area contributed by atoms with Crippen molar-refractivity contribution in [2.24, 2.45) is 0 Å². The molecule has 1 heterocycles. The summed E-state index contributed by atoms with van der Waals surface area (Å²) in [5.41, 5.74) is -0.476. The van der Waals surface area contributed by atoms with Crippen molar-refractivity contribution in [3.63, 3.8) is 0 Å². The maximum atomic E-state index is 12.2. The molecule has 0 aliphatic rings. The molecule has 0 atom stereocenters. The van der Waals surface area contributed by atoms with E-state index in [2.05, 4.69) is 0 Å². The molecule has 3 aromatic rings. The third-order valence-corrected chi connectivity index (χ3v) is 2.87. The van der Waals surface area contributed by atoms with Crippen LogP contribution in [0.5, 0.6) is 23.0 Å². The van der Waals surface area contributed by atoms with Crippen LogP contribution in [0.25, 0.3) is 21.9 Å². The highest BCUT2D eigenvalue weighted by molar-refractivity contribution is 5.95. The van der Waals surface area contributed by atoms with Gasteiger partial charge >= 0.3 is 0 Å². The number of phenols is 4. The van der Waals surface area contributed by atoms with Crippen LogP contribution in [-0.4, -0.2) is 20.4 Å². The topological polar surface area (TPSA) is 111 Å². The van der Waals surface area contributed by atoms with E-state index in [1.807, 2.05) is 0 Å². The molecule has 0 saturated heterocycles. The number of hydrogen-bond acceptors (Lipinski definition) is 6. The second-order valence-electron chi connectivity index (χ2n) is 4.08. The Morgan fingerprint density at radius 3 is 2.37 bits per heavy atom. The molecule has 1 aromatic heterocycles. The molecular formula is C13H8O6. The highest BCUT2D eigenvalue weighted by Crippen LogP contribution is 2.40. The average molecular weight is 260 g/mol. The Hall–Kier alpha value is -2.89. The summed E-state index contributed by atoms with van der Waals surface area (Å²) in [5, 5.41) is 37.7. The minimum Gasteiger partial charge on any atom is -0.508 e. The summed E-state index contributed by atoms with van der Waals surface area (Å²) in [5.74, 6) is -2.26. The SMILES string of the molecule is O=c1c2cc(O)ccc2oc2cc(O)c(O)c(O)c12. The van der Waals surface area contributed by atoms with E-state index in [1.54, 1.807) is 0 Å². The molecule has 6 heteroatoms. The maximum absolute atomic E-state index is 12.2. The Bertz CT molecular complexity index is 878. The number of hydrogen-bond donors (Lipinski definition) is 4. The van der Waals surface area contributed by atoms with Crippen LogP contribution in [-0.2, 0) is 0 Å². The summed E-state index contributed by atoms with van der Waals surface area (Å²) in [4.78, 5) is 12.2. The van der Waals surface area contributed by atoms with Gasteiger partial charge in [-0.3, -0.25) is 4.79 Å². The van der Waals surface area contributed by atoms with E-state index < -0.39 is 22.7 Å². The Labute approximate surface area is 105 Å². The zero-order chi connectivity index (χ0) is 13.7. The lowest BCUT2D eigenvalue weighted by molar-refractivity contribution is 0.370. The fraction of sp³-hybridized carbons (Fsp3) is 0. The summed E-state index contributed by atoms with van der Waals surface area (Å²) in [7, 11) is 0. The van der Waals surface area contributed by atoms with Crippen molar-refractivity contribution in [2.45, 2.75) is 0 Å². The van der Waals surface area contributed by atoms with Crippen LogP contribution in [0.2, 0.25) is 0 Å². The molecular weight excluding hydrogens is 252 g/mol. The smallest absolute Gasteiger partial charge is 0.204 e. The Morgan fingerprint density at radius 2 is 1.63 bits per heavy atom. The number of aromatic hydroxyl groups is 4. The molecule has 19 heavy (non-hydrogen) atoms. The van der Waals surface area contributed by atoms with Gasteiger partial charge in [-0.1, -0.05) is 0 Å². The molecule has 0 spiro atoms. The molecule has 3 rings (SSSR count). The Morgan fingerprint density at radius 1 is 0.895 bits per heavy atom. The predicted octanol–water partition coefficient (Wildman–Crippen LogP) is 1.77. The molecule has 6 nitrogen and oxygen atoms in total. The second-order valence-corrected chi connectivity index (χ2v) is 4.08. The van der Waals surface area contributed by atoms with Crippen LogP contribution < -0.4 is 5.43 Å². The van der Waals surface area contributed by atoms with Gasteiger partial charge in [0.15, 0.2) is 11.5 Å². The van der Waals surface area contributed by atoms with Crippen molar-refractivity contribution in [2.75, 3.05) is 0 Å². The van der Waals surface area contributed by atoms with Gasteiger partial charge in [-0.25, -0.2) is 0 Å². The number of benzene rings is 2. The summed E-state index contributed by atoms with van der Waals surface area (Å²) in [6, 6.07) is 4.98. The molecule has 0 radical (unpaired) electrons. The van der Waals surface area contributed by atoms with Crippen LogP contribution in [0.3, 0.4) is 0 Å². The molecule has 0 aliphatic carbocycles. The van der Waals surface area contributed by atoms with E-state index in [-0.39, 0.29) is 27.7 Å². The van der Waals surface area contributed by atoms with E-state index in [9.17, 15) is 25.2 Å². The first-order chi connectivity index (χ1) is 8.99. The lowest BCUT2D eigenvalue weighted by Gasteiger charge is -2.06. The summed E-state index contributed by atoms with van der Waals surface area (Å²) in [6.07, 6.45) is 0. The van der Waals surface area contributed by atoms with E-state index in [4.69, 9.17) is 4.42 Å². The maximum Gasteiger partial charge on any atom is 0.204 e. The van der Waals surface area contributed by atoms with Crippen molar-refractivity contribution in [3.05, 3.63) is 34.5 Å². The van der Waals surface area contributed by atoms with Crippen molar-refractivity contribution in [3.8, 4) is 23.0 Å². The van der Waals surface area contributed by atoms with Crippen molar-refractivity contribution >= 4 is 21.9 Å². The van der Waals surface area contributed by atoms with Crippen molar-refractivity contribution in [1.82, 2.24) is 0 Å². The minimum atomic E-state index is -0.792. The highest BCUT2D eigenvalue weighted by atomic mass is 16.3. The third-order valence-electron chi connectivity index (χ3n) is 2.87. The molecule has 0 bridgehead atoms. The van der Waals surface area contributed by atoms with Gasteiger partial charge in [0.05, 0.1) is 5.39 Å². The van der Waals surface area contributed by atoms with E-state index >= 15 is 0 Å². The van der Waals surface area contributed by atoms with E-state index in [0.29, 0.717) is 0 Å². The summed E-state index contributed by atoms with van der Waals surface area (Å²) in [6.45, 7) is 0. The molecule has 0 saturated carbocycles. The molecule has 0 amide bonds. The average Bonchev–Trinajstić information content (AvgIpc) is 2.37. The number of rotatable bonds is 0. The first-order valence-electron chi connectivity index (χ1n) is 5.32. The fourth-order valence-corrected chi connectivity index (χ4v) is 1.96. The molecule has 0 fully saturated rings. The van der Waals surface area contributed by atoms with E-state index in [1.165, 1.54) is 18.2 Å². The molecule has 4 N–H and O–H groups in total. The second kappa shape index (κ2) is 3.55. The largest absolute Gasteiger partial charge is 0.508 e. The van der Waals surface area contributed by atoms with Crippen LogP contribution in [0.15, 0.2) is 33.5 Å². The molecule has 0 aliphatic heterocycles. The van der Waals surface area contributed by atoms with Gasteiger partial charge in [0.1, 0.15) is 22.3 Å². The lowest BCUT2D eigenvalue weighted by Crippen LogP contribution is -2.02. The van der Waals surface area contributed by atoms with Crippen molar-refractivity contribution in [1.29, 1.82) is 0 Å². The predicted molar refractivity (Wildman–Crippen MR) is 66.6 cm³/mol. The van der Waals surface area contributed by atoms with Gasteiger partial charge in [0.2, 0.25) is 11.2 Å². The van der Waals surface area contributed by atoms with Gasteiger partial charge < -0.3 is 24.8 Å². The zero-order valence-electron chi connectivity index (χ0n) is 9.41. The van der Waals surface area contributed by atoms with Gasteiger partial charge in [-0.05, 0) is 18.2 Å². The fourth-order valence-electron chi connectivity index (χ4n) is 1.96.